The Morgan fingerprint density at radius 1 is 1.29 bits per heavy atom. The highest BCUT2D eigenvalue weighted by Gasteiger charge is 2.12. The van der Waals surface area contributed by atoms with Crippen molar-refractivity contribution in [3.8, 4) is 0 Å². The Morgan fingerprint density at radius 3 is 2.71 bits per heavy atom. The lowest BCUT2D eigenvalue weighted by Gasteiger charge is -2.16. The highest BCUT2D eigenvalue weighted by molar-refractivity contribution is 9.11. The molecule has 21 heavy (non-hydrogen) atoms. The van der Waals surface area contributed by atoms with Gasteiger partial charge in [-0.15, -0.1) is 23.1 Å². The third kappa shape index (κ3) is 4.87. The lowest BCUT2D eigenvalue weighted by molar-refractivity contribution is -0.127. The molecule has 112 valence electrons. The molecule has 5 heteroatoms. The highest BCUT2D eigenvalue weighted by Crippen LogP contribution is 2.25. The van der Waals surface area contributed by atoms with Gasteiger partial charge in [0, 0.05) is 16.8 Å². The standard InChI is InChI=1S/C16H18BrNOS2/c1-11-4-5-12(2)14(8-11)20-10-16(19)18(3)9-13-6-7-15(17)21-13/h4-8H,9-10H2,1-3H3. The Labute approximate surface area is 142 Å². The van der Waals surface area contributed by atoms with Crippen LogP contribution in [0.3, 0.4) is 0 Å². The van der Waals surface area contributed by atoms with Crippen molar-refractivity contribution in [2.75, 3.05) is 12.8 Å². The van der Waals surface area contributed by atoms with E-state index >= 15 is 0 Å². The molecule has 0 saturated carbocycles. The van der Waals surface area contributed by atoms with Crippen LogP contribution in [0.4, 0.5) is 0 Å². The zero-order chi connectivity index (χ0) is 15.4. The van der Waals surface area contributed by atoms with Crippen molar-refractivity contribution in [3.63, 3.8) is 0 Å². The SMILES string of the molecule is Cc1ccc(C)c(SCC(=O)N(C)Cc2ccc(Br)s2)c1. The molecule has 2 aromatic rings. The van der Waals surface area contributed by atoms with Crippen LogP contribution in [0.2, 0.25) is 0 Å². The lowest BCUT2D eigenvalue weighted by Crippen LogP contribution is -2.27. The van der Waals surface area contributed by atoms with E-state index in [0.29, 0.717) is 12.3 Å². The lowest BCUT2D eigenvalue weighted by atomic mass is 10.2. The van der Waals surface area contributed by atoms with Gasteiger partial charge in [0.25, 0.3) is 0 Å². The van der Waals surface area contributed by atoms with Gasteiger partial charge in [0.2, 0.25) is 5.91 Å². The maximum atomic E-state index is 12.2. The normalized spacial score (nSPS) is 10.7. The number of nitrogens with zero attached hydrogens (tertiary/aromatic N) is 1. The number of aryl methyl sites for hydroxylation is 2. The summed E-state index contributed by atoms with van der Waals surface area (Å²) in [6.45, 7) is 4.83. The van der Waals surface area contributed by atoms with Crippen molar-refractivity contribution in [2.45, 2.75) is 25.3 Å². The van der Waals surface area contributed by atoms with Gasteiger partial charge < -0.3 is 4.90 Å². The molecule has 0 saturated heterocycles. The average Bonchev–Trinajstić information content (AvgIpc) is 2.84. The smallest absolute Gasteiger partial charge is 0.233 e. The zero-order valence-corrected chi connectivity index (χ0v) is 15.6. The van der Waals surface area contributed by atoms with Crippen molar-refractivity contribution in [3.05, 3.63) is 50.1 Å². The molecule has 0 N–H and O–H groups in total. The quantitative estimate of drug-likeness (QED) is 0.685. The van der Waals surface area contributed by atoms with Crippen LogP contribution in [0, 0.1) is 13.8 Å². The van der Waals surface area contributed by atoms with E-state index in [-0.39, 0.29) is 5.91 Å². The zero-order valence-electron chi connectivity index (χ0n) is 12.4. The van der Waals surface area contributed by atoms with E-state index in [1.54, 1.807) is 28.0 Å². The highest BCUT2D eigenvalue weighted by atomic mass is 79.9. The van der Waals surface area contributed by atoms with Gasteiger partial charge in [-0.1, -0.05) is 17.7 Å². The molecule has 0 aliphatic heterocycles. The van der Waals surface area contributed by atoms with Crippen LogP contribution in [0.1, 0.15) is 16.0 Å². The average molecular weight is 384 g/mol. The Kier molecular flexibility index (Phi) is 5.90. The number of amides is 1. The van der Waals surface area contributed by atoms with Gasteiger partial charge in [0.1, 0.15) is 0 Å². The van der Waals surface area contributed by atoms with E-state index in [2.05, 4.69) is 54.0 Å². The third-order valence-electron chi connectivity index (χ3n) is 3.14. The van der Waals surface area contributed by atoms with E-state index in [1.807, 2.05) is 13.1 Å². The van der Waals surface area contributed by atoms with Gasteiger partial charge in [-0.3, -0.25) is 4.79 Å². The summed E-state index contributed by atoms with van der Waals surface area (Å²) in [4.78, 5) is 16.4. The summed E-state index contributed by atoms with van der Waals surface area (Å²) < 4.78 is 1.10. The number of carbonyl (C=O) groups is 1. The predicted molar refractivity (Wildman–Crippen MR) is 95.1 cm³/mol. The summed E-state index contributed by atoms with van der Waals surface area (Å²) in [6, 6.07) is 10.4. The Morgan fingerprint density at radius 2 is 2.05 bits per heavy atom. The number of halogens is 1. The first-order chi connectivity index (χ1) is 9.95. The number of thioether (sulfide) groups is 1. The Balaban J connectivity index is 1.90. The number of hydrogen-bond donors (Lipinski definition) is 0. The Bertz CT molecular complexity index is 639. The maximum Gasteiger partial charge on any atom is 0.233 e. The van der Waals surface area contributed by atoms with Crippen LogP contribution in [-0.2, 0) is 11.3 Å². The molecule has 1 aromatic heterocycles. The molecule has 0 fully saturated rings. The van der Waals surface area contributed by atoms with Gasteiger partial charge in [-0.05, 0) is 53.5 Å². The fourth-order valence-electron chi connectivity index (χ4n) is 1.87. The van der Waals surface area contributed by atoms with E-state index < -0.39 is 0 Å². The van der Waals surface area contributed by atoms with E-state index in [4.69, 9.17) is 0 Å². The number of thiophene rings is 1. The molecular formula is C16H18BrNOS2. The largest absolute Gasteiger partial charge is 0.340 e. The number of carbonyl (C=O) groups excluding carboxylic acids is 1. The summed E-state index contributed by atoms with van der Waals surface area (Å²) in [7, 11) is 1.86. The van der Waals surface area contributed by atoms with Gasteiger partial charge >= 0.3 is 0 Å². The van der Waals surface area contributed by atoms with Crippen LogP contribution in [0.15, 0.2) is 39.0 Å². The molecule has 0 bridgehead atoms. The summed E-state index contributed by atoms with van der Waals surface area (Å²) in [5.41, 5.74) is 2.45. The van der Waals surface area contributed by atoms with Crippen LogP contribution < -0.4 is 0 Å². The first kappa shape index (κ1) is 16.6. The minimum Gasteiger partial charge on any atom is -0.340 e. The monoisotopic (exact) mass is 383 g/mol. The summed E-state index contributed by atoms with van der Waals surface area (Å²) in [6.07, 6.45) is 0. The van der Waals surface area contributed by atoms with Crippen molar-refractivity contribution < 1.29 is 4.79 Å². The van der Waals surface area contributed by atoms with Crippen molar-refractivity contribution in [1.29, 1.82) is 0 Å². The molecule has 0 aliphatic rings. The van der Waals surface area contributed by atoms with E-state index in [0.717, 1.165) is 3.79 Å². The predicted octanol–water partition coefficient (Wildman–Crippen LogP) is 4.88. The molecule has 1 amide bonds. The van der Waals surface area contributed by atoms with Gasteiger partial charge in [-0.2, -0.15) is 0 Å². The summed E-state index contributed by atoms with van der Waals surface area (Å²) in [5.74, 6) is 0.637. The van der Waals surface area contributed by atoms with E-state index in [9.17, 15) is 4.79 Å². The fraction of sp³-hybridized carbons (Fsp3) is 0.312. The van der Waals surface area contributed by atoms with Crippen LogP contribution in [-0.4, -0.2) is 23.6 Å². The van der Waals surface area contributed by atoms with Crippen molar-refractivity contribution in [1.82, 2.24) is 4.90 Å². The number of hydrogen-bond acceptors (Lipinski definition) is 3. The van der Waals surface area contributed by atoms with Gasteiger partial charge in [0.05, 0.1) is 16.1 Å². The minimum absolute atomic E-state index is 0.158. The molecule has 1 aromatic carbocycles. The second kappa shape index (κ2) is 7.47. The first-order valence-electron chi connectivity index (χ1n) is 6.64. The van der Waals surface area contributed by atoms with Crippen molar-refractivity contribution >= 4 is 44.9 Å². The Hall–Kier alpha value is -0.780. The second-order valence-corrected chi connectivity index (χ2v) is 8.58. The molecule has 2 nitrogen and oxygen atoms in total. The summed E-state index contributed by atoms with van der Waals surface area (Å²) in [5, 5.41) is 0. The molecule has 0 radical (unpaired) electrons. The first-order valence-corrected chi connectivity index (χ1v) is 9.23. The van der Waals surface area contributed by atoms with Crippen molar-refractivity contribution in [2.24, 2.45) is 0 Å². The number of rotatable bonds is 5. The maximum absolute atomic E-state index is 12.2. The fourth-order valence-corrected chi connectivity index (χ4v) is 4.47. The summed E-state index contributed by atoms with van der Waals surface area (Å²) >= 11 is 6.73. The molecule has 0 spiro atoms. The molecule has 1 heterocycles. The van der Waals surface area contributed by atoms with Crippen LogP contribution in [0.5, 0.6) is 0 Å². The molecule has 2 rings (SSSR count). The van der Waals surface area contributed by atoms with E-state index in [1.165, 1.54) is 20.9 Å². The van der Waals surface area contributed by atoms with Gasteiger partial charge in [-0.25, -0.2) is 0 Å². The minimum atomic E-state index is 0.158. The topological polar surface area (TPSA) is 20.3 Å². The molecular weight excluding hydrogens is 366 g/mol. The number of benzene rings is 1. The molecule has 0 atom stereocenters. The third-order valence-corrected chi connectivity index (χ3v) is 5.89. The second-order valence-electron chi connectivity index (χ2n) is 5.01. The molecule has 0 aliphatic carbocycles. The van der Waals surface area contributed by atoms with Gasteiger partial charge in [0.15, 0.2) is 0 Å². The molecule has 0 unspecified atom stereocenters. The van der Waals surface area contributed by atoms with Crippen LogP contribution in [0.25, 0.3) is 0 Å². The van der Waals surface area contributed by atoms with Crippen LogP contribution >= 0.6 is 39.0 Å².